The Hall–Kier alpha value is -1.50. The van der Waals surface area contributed by atoms with Crippen molar-refractivity contribution < 1.29 is 14.7 Å². The summed E-state index contributed by atoms with van der Waals surface area (Å²) in [6.45, 7) is 3.70. The summed E-state index contributed by atoms with van der Waals surface area (Å²) < 4.78 is 0. The van der Waals surface area contributed by atoms with E-state index in [0.717, 1.165) is 0 Å². The van der Waals surface area contributed by atoms with Crippen LogP contribution in [-0.4, -0.2) is 35.0 Å². The Morgan fingerprint density at radius 1 is 1.62 bits per heavy atom. The lowest BCUT2D eigenvalue weighted by molar-refractivity contribution is -0.149. The van der Waals surface area contributed by atoms with Crippen molar-refractivity contribution in [2.75, 3.05) is 13.1 Å². The molecule has 0 aliphatic carbocycles. The lowest BCUT2D eigenvalue weighted by atomic mass is 10.1. The summed E-state index contributed by atoms with van der Waals surface area (Å²) in [5, 5.41) is 8.57. The Bertz CT molecular complexity index is 242. The quantitative estimate of drug-likeness (QED) is 0.500. The molecule has 1 N–H and O–H groups in total. The molecule has 0 aromatic carbocycles. The highest BCUT2D eigenvalue weighted by Gasteiger charge is 2.24. The highest BCUT2D eigenvalue weighted by Crippen LogP contribution is 2.01. The zero-order valence-electron chi connectivity index (χ0n) is 7.78. The number of rotatable bonds is 4. The Morgan fingerprint density at radius 2 is 2.15 bits per heavy atom. The molecule has 0 aromatic rings. The first-order valence-electron chi connectivity index (χ1n) is 3.99. The van der Waals surface area contributed by atoms with Gasteiger partial charge in [-0.05, 0) is 13.8 Å². The summed E-state index contributed by atoms with van der Waals surface area (Å²) in [6, 6.07) is 0. The third-order valence-corrected chi connectivity index (χ3v) is 1.72. The zero-order chi connectivity index (χ0) is 10.4. The molecule has 0 saturated carbocycles. The average molecular weight is 183 g/mol. The topological polar surface area (TPSA) is 57.6 Å². The van der Waals surface area contributed by atoms with Gasteiger partial charge in [0, 0.05) is 6.54 Å². The van der Waals surface area contributed by atoms with E-state index in [1.165, 1.54) is 11.8 Å². The summed E-state index contributed by atoms with van der Waals surface area (Å²) in [4.78, 5) is 23.2. The molecule has 1 atom stereocenters. The van der Waals surface area contributed by atoms with Gasteiger partial charge in [0.15, 0.2) is 0 Å². The van der Waals surface area contributed by atoms with Gasteiger partial charge in [-0.2, -0.15) is 0 Å². The molecule has 0 spiro atoms. The van der Waals surface area contributed by atoms with E-state index in [2.05, 4.69) is 5.92 Å². The lowest BCUT2D eigenvalue weighted by Gasteiger charge is -2.19. The number of carboxylic acid groups (broad SMARTS) is 1. The monoisotopic (exact) mass is 183 g/mol. The molecule has 0 bridgehead atoms. The number of carboxylic acids is 1. The van der Waals surface area contributed by atoms with Crippen LogP contribution >= 0.6 is 0 Å². The Kier molecular flexibility index (Phi) is 4.60. The highest BCUT2D eigenvalue weighted by atomic mass is 16.4. The molecular weight excluding hydrogens is 170 g/mol. The van der Waals surface area contributed by atoms with Crippen molar-refractivity contribution in [1.29, 1.82) is 0 Å². The number of carbonyl (C=O) groups excluding carboxylic acids is 1. The summed E-state index contributed by atoms with van der Waals surface area (Å²) in [7, 11) is 0. The first kappa shape index (κ1) is 11.5. The maximum absolute atomic E-state index is 11.4. The molecule has 0 fully saturated rings. The minimum atomic E-state index is -1.12. The van der Waals surface area contributed by atoms with Crippen LogP contribution in [0.25, 0.3) is 0 Å². The molecule has 0 heterocycles. The van der Waals surface area contributed by atoms with Gasteiger partial charge in [0.2, 0.25) is 5.91 Å². The molecule has 0 aliphatic rings. The lowest BCUT2D eigenvalue weighted by Crippen LogP contribution is -2.38. The van der Waals surface area contributed by atoms with E-state index in [4.69, 9.17) is 11.5 Å². The van der Waals surface area contributed by atoms with E-state index >= 15 is 0 Å². The van der Waals surface area contributed by atoms with E-state index in [0.29, 0.717) is 6.54 Å². The number of aliphatic carboxylic acids is 1. The van der Waals surface area contributed by atoms with Crippen LogP contribution in [0.15, 0.2) is 0 Å². The van der Waals surface area contributed by atoms with Crippen LogP contribution < -0.4 is 0 Å². The third-order valence-electron chi connectivity index (χ3n) is 1.72. The second-order valence-corrected chi connectivity index (χ2v) is 2.62. The predicted octanol–water partition coefficient (Wildman–Crippen LogP) is 0.189. The largest absolute Gasteiger partial charge is 0.481 e. The highest BCUT2D eigenvalue weighted by molar-refractivity contribution is 5.96. The summed E-state index contributed by atoms with van der Waals surface area (Å²) in [5.41, 5.74) is 0. The molecule has 72 valence electrons. The van der Waals surface area contributed by atoms with Crippen LogP contribution in [0.3, 0.4) is 0 Å². The second kappa shape index (κ2) is 5.20. The van der Waals surface area contributed by atoms with Gasteiger partial charge >= 0.3 is 5.97 Å². The Balaban J connectivity index is 4.38. The number of nitrogens with zero attached hydrogens (tertiary/aromatic N) is 1. The van der Waals surface area contributed by atoms with E-state index in [9.17, 15) is 9.59 Å². The minimum Gasteiger partial charge on any atom is -0.481 e. The number of hydrogen-bond acceptors (Lipinski definition) is 2. The standard InChI is InChI=1S/C9H13NO3/c1-4-6-10(5-2)8(11)7(3)9(12)13/h1,7H,5-6H2,2-3H3,(H,12,13). The van der Waals surface area contributed by atoms with Crippen LogP contribution in [0.4, 0.5) is 0 Å². The van der Waals surface area contributed by atoms with Gasteiger partial charge < -0.3 is 10.0 Å². The average Bonchev–Trinajstić information content (AvgIpc) is 2.11. The minimum absolute atomic E-state index is 0.160. The molecule has 4 nitrogen and oxygen atoms in total. The summed E-state index contributed by atoms with van der Waals surface area (Å²) >= 11 is 0. The number of hydrogen-bond donors (Lipinski definition) is 1. The molecule has 0 radical (unpaired) electrons. The molecule has 13 heavy (non-hydrogen) atoms. The van der Waals surface area contributed by atoms with Gasteiger partial charge in [0.05, 0.1) is 6.54 Å². The molecule has 1 unspecified atom stereocenters. The van der Waals surface area contributed by atoms with E-state index in [1.54, 1.807) is 6.92 Å². The summed E-state index contributed by atoms with van der Waals surface area (Å²) in [6.07, 6.45) is 5.03. The van der Waals surface area contributed by atoms with Gasteiger partial charge in [-0.1, -0.05) is 5.92 Å². The van der Waals surface area contributed by atoms with Crippen molar-refractivity contribution in [2.45, 2.75) is 13.8 Å². The normalized spacial score (nSPS) is 11.5. The smallest absolute Gasteiger partial charge is 0.315 e. The molecule has 0 saturated heterocycles. The van der Waals surface area contributed by atoms with Gasteiger partial charge in [0.25, 0.3) is 0 Å². The van der Waals surface area contributed by atoms with Crippen molar-refractivity contribution in [1.82, 2.24) is 4.90 Å². The molecule has 4 heteroatoms. The van der Waals surface area contributed by atoms with Crippen molar-refractivity contribution in [3.8, 4) is 12.3 Å². The van der Waals surface area contributed by atoms with Crippen molar-refractivity contribution in [3.05, 3.63) is 0 Å². The summed E-state index contributed by atoms with van der Waals surface area (Å²) in [5.74, 6) is -0.276. The number of amides is 1. The van der Waals surface area contributed by atoms with Crippen molar-refractivity contribution in [2.24, 2.45) is 5.92 Å². The van der Waals surface area contributed by atoms with Crippen LogP contribution in [-0.2, 0) is 9.59 Å². The van der Waals surface area contributed by atoms with E-state index in [1.807, 2.05) is 0 Å². The van der Waals surface area contributed by atoms with Crippen LogP contribution in [0.2, 0.25) is 0 Å². The fourth-order valence-corrected chi connectivity index (χ4v) is 0.835. The Morgan fingerprint density at radius 3 is 2.46 bits per heavy atom. The molecule has 0 aliphatic heterocycles. The van der Waals surface area contributed by atoms with Gasteiger partial charge in [-0.15, -0.1) is 6.42 Å². The van der Waals surface area contributed by atoms with Crippen molar-refractivity contribution in [3.63, 3.8) is 0 Å². The van der Waals surface area contributed by atoms with Crippen LogP contribution in [0.5, 0.6) is 0 Å². The van der Waals surface area contributed by atoms with Gasteiger partial charge in [-0.3, -0.25) is 9.59 Å². The van der Waals surface area contributed by atoms with Gasteiger partial charge in [0.1, 0.15) is 5.92 Å². The molecule has 0 aromatic heterocycles. The van der Waals surface area contributed by atoms with Crippen LogP contribution in [0.1, 0.15) is 13.8 Å². The van der Waals surface area contributed by atoms with E-state index < -0.39 is 17.8 Å². The van der Waals surface area contributed by atoms with Crippen molar-refractivity contribution >= 4 is 11.9 Å². The molecule has 1 amide bonds. The predicted molar refractivity (Wildman–Crippen MR) is 47.9 cm³/mol. The maximum Gasteiger partial charge on any atom is 0.315 e. The van der Waals surface area contributed by atoms with Gasteiger partial charge in [-0.25, -0.2) is 0 Å². The maximum atomic E-state index is 11.4. The zero-order valence-corrected chi connectivity index (χ0v) is 7.78. The fourth-order valence-electron chi connectivity index (χ4n) is 0.835. The molecule has 0 rings (SSSR count). The second-order valence-electron chi connectivity index (χ2n) is 2.62. The Labute approximate surface area is 77.5 Å². The molecular formula is C9H13NO3. The van der Waals surface area contributed by atoms with Crippen LogP contribution in [0, 0.1) is 18.3 Å². The van der Waals surface area contributed by atoms with E-state index in [-0.39, 0.29) is 6.54 Å². The first-order chi connectivity index (χ1) is 6.04. The number of carbonyl (C=O) groups is 2. The SMILES string of the molecule is C#CCN(CC)C(=O)C(C)C(=O)O. The fraction of sp³-hybridized carbons (Fsp3) is 0.556. The number of terminal acetylenes is 1. The third kappa shape index (κ3) is 3.16. The first-order valence-corrected chi connectivity index (χ1v) is 3.99.